The van der Waals surface area contributed by atoms with Gasteiger partial charge < -0.3 is 15.0 Å². The van der Waals surface area contributed by atoms with E-state index in [2.05, 4.69) is 19.2 Å². The second kappa shape index (κ2) is 7.29. The zero-order valence-electron chi connectivity index (χ0n) is 13.5. The zero-order valence-corrected chi connectivity index (χ0v) is 13.5. The largest absolute Gasteiger partial charge is 0.484 e. The highest BCUT2D eigenvalue weighted by molar-refractivity contribution is 5.88. The van der Waals surface area contributed by atoms with Crippen molar-refractivity contribution in [2.45, 2.75) is 27.2 Å². The van der Waals surface area contributed by atoms with Gasteiger partial charge in [-0.15, -0.1) is 0 Å². The maximum Gasteiger partial charge on any atom is 0.260 e. The number of hydrogen-bond acceptors (Lipinski definition) is 3. The van der Waals surface area contributed by atoms with Crippen molar-refractivity contribution >= 4 is 17.5 Å². The average Bonchev–Trinajstić information content (AvgIpc) is 2.43. The maximum atomic E-state index is 12.3. The smallest absolute Gasteiger partial charge is 0.260 e. The Balaban J connectivity index is 1.89. The Labute approximate surface area is 131 Å². The Morgan fingerprint density at radius 3 is 2.59 bits per heavy atom. The Bertz CT molecular complexity index is 534. The highest BCUT2D eigenvalue weighted by Crippen LogP contribution is 2.21. The van der Waals surface area contributed by atoms with Gasteiger partial charge in [0.1, 0.15) is 5.75 Å². The minimum absolute atomic E-state index is 0.0170. The lowest BCUT2D eigenvalue weighted by Crippen LogP contribution is -2.44. The standard InChI is InChI=1S/C17H24N2O3/c1-12-7-13(2)10-19(9-12)17(21)11-22-16-6-4-5-15(8-16)18-14(3)20/h4-6,8,12-13H,7,9-11H2,1-3H3,(H,18,20)/t12-,13+. The van der Waals surface area contributed by atoms with E-state index in [1.165, 1.54) is 13.3 Å². The molecule has 1 aliphatic rings. The fraction of sp³-hybridized carbons (Fsp3) is 0.529. The Hall–Kier alpha value is -2.04. The van der Waals surface area contributed by atoms with Crippen LogP contribution < -0.4 is 10.1 Å². The molecule has 2 atom stereocenters. The quantitative estimate of drug-likeness (QED) is 0.930. The molecular weight excluding hydrogens is 280 g/mol. The third-order valence-electron chi connectivity index (χ3n) is 3.74. The van der Waals surface area contributed by atoms with Crippen molar-refractivity contribution in [3.8, 4) is 5.75 Å². The molecular formula is C17H24N2O3. The summed E-state index contributed by atoms with van der Waals surface area (Å²) in [5, 5.41) is 2.69. The predicted octanol–water partition coefficient (Wildman–Crippen LogP) is 2.53. The molecule has 5 heteroatoms. The number of carbonyl (C=O) groups is 2. The summed E-state index contributed by atoms with van der Waals surface area (Å²) in [5.41, 5.74) is 0.665. The minimum atomic E-state index is -0.135. The van der Waals surface area contributed by atoms with Gasteiger partial charge in [-0.25, -0.2) is 0 Å². The molecule has 0 unspecified atom stereocenters. The van der Waals surface area contributed by atoms with Crippen molar-refractivity contribution in [2.24, 2.45) is 11.8 Å². The zero-order chi connectivity index (χ0) is 16.1. The van der Waals surface area contributed by atoms with Crippen LogP contribution in [0.1, 0.15) is 27.2 Å². The van der Waals surface area contributed by atoms with Crippen LogP contribution in [0.2, 0.25) is 0 Å². The summed E-state index contributed by atoms with van der Waals surface area (Å²) < 4.78 is 5.57. The molecule has 2 rings (SSSR count). The van der Waals surface area contributed by atoms with Gasteiger partial charge in [-0.1, -0.05) is 19.9 Å². The van der Waals surface area contributed by atoms with Crippen molar-refractivity contribution in [1.82, 2.24) is 4.90 Å². The van der Waals surface area contributed by atoms with E-state index in [1.54, 1.807) is 24.3 Å². The van der Waals surface area contributed by atoms with Gasteiger partial charge in [0.2, 0.25) is 5.91 Å². The van der Waals surface area contributed by atoms with Gasteiger partial charge in [-0.3, -0.25) is 9.59 Å². The Kier molecular flexibility index (Phi) is 5.41. The van der Waals surface area contributed by atoms with E-state index in [1.807, 2.05) is 4.90 Å². The second-order valence-electron chi connectivity index (χ2n) is 6.24. The Morgan fingerprint density at radius 2 is 1.95 bits per heavy atom. The van der Waals surface area contributed by atoms with Gasteiger partial charge in [0.05, 0.1) is 0 Å². The number of nitrogens with zero attached hydrogens (tertiary/aromatic N) is 1. The summed E-state index contributed by atoms with van der Waals surface area (Å²) in [6, 6.07) is 7.07. The summed E-state index contributed by atoms with van der Waals surface area (Å²) in [4.78, 5) is 25.2. The van der Waals surface area contributed by atoms with Crippen molar-refractivity contribution in [3.05, 3.63) is 24.3 Å². The van der Waals surface area contributed by atoms with Crippen molar-refractivity contribution < 1.29 is 14.3 Å². The van der Waals surface area contributed by atoms with Crippen LogP contribution >= 0.6 is 0 Å². The third-order valence-corrected chi connectivity index (χ3v) is 3.74. The molecule has 0 aromatic heterocycles. The molecule has 0 spiro atoms. The van der Waals surface area contributed by atoms with Gasteiger partial charge in [0.15, 0.2) is 6.61 Å². The first-order valence-electron chi connectivity index (χ1n) is 7.72. The molecule has 2 amide bonds. The maximum absolute atomic E-state index is 12.3. The summed E-state index contributed by atoms with van der Waals surface area (Å²) in [5.74, 6) is 1.54. The number of carbonyl (C=O) groups excluding carboxylic acids is 2. The van der Waals surface area contributed by atoms with E-state index in [9.17, 15) is 9.59 Å². The summed E-state index contributed by atoms with van der Waals surface area (Å²) in [6.45, 7) is 7.44. The first-order chi connectivity index (χ1) is 10.4. The summed E-state index contributed by atoms with van der Waals surface area (Å²) in [7, 11) is 0. The molecule has 1 fully saturated rings. The molecule has 1 N–H and O–H groups in total. The van der Waals surface area contributed by atoms with Crippen LogP contribution in [-0.2, 0) is 9.59 Å². The van der Waals surface area contributed by atoms with Crippen LogP contribution in [0.5, 0.6) is 5.75 Å². The molecule has 22 heavy (non-hydrogen) atoms. The number of ether oxygens (including phenoxy) is 1. The number of nitrogens with one attached hydrogen (secondary N) is 1. The van der Waals surface area contributed by atoms with Crippen LogP contribution in [0.4, 0.5) is 5.69 Å². The molecule has 1 heterocycles. The third kappa shape index (κ3) is 4.76. The second-order valence-corrected chi connectivity index (χ2v) is 6.24. The SMILES string of the molecule is CC(=O)Nc1cccc(OCC(=O)N2C[C@H](C)C[C@H](C)C2)c1. The van der Waals surface area contributed by atoms with E-state index >= 15 is 0 Å². The molecule has 0 radical (unpaired) electrons. The fourth-order valence-electron chi connectivity index (χ4n) is 2.97. The van der Waals surface area contributed by atoms with Crippen molar-refractivity contribution in [2.75, 3.05) is 25.0 Å². The van der Waals surface area contributed by atoms with Crippen LogP contribution in [-0.4, -0.2) is 36.4 Å². The molecule has 1 aromatic carbocycles. The van der Waals surface area contributed by atoms with E-state index in [0.717, 1.165) is 13.1 Å². The number of piperidine rings is 1. The van der Waals surface area contributed by atoms with Gasteiger partial charge in [0.25, 0.3) is 5.91 Å². The molecule has 1 aromatic rings. The summed E-state index contributed by atoms with van der Waals surface area (Å²) in [6.07, 6.45) is 1.17. The van der Waals surface area contributed by atoms with E-state index < -0.39 is 0 Å². The molecule has 1 aliphatic heterocycles. The van der Waals surface area contributed by atoms with Gasteiger partial charge in [0, 0.05) is 31.8 Å². The molecule has 0 bridgehead atoms. The van der Waals surface area contributed by atoms with Crippen LogP contribution in [0.3, 0.4) is 0 Å². The lowest BCUT2D eigenvalue weighted by molar-refractivity contribution is -0.136. The number of rotatable bonds is 4. The normalized spacial score (nSPS) is 21.3. The van der Waals surface area contributed by atoms with Crippen LogP contribution in [0, 0.1) is 11.8 Å². The molecule has 1 saturated heterocycles. The molecule has 0 saturated carbocycles. The van der Waals surface area contributed by atoms with Gasteiger partial charge in [-0.05, 0) is 30.4 Å². The predicted molar refractivity (Wildman–Crippen MR) is 85.8 cm³/mol. The first kappa shape index (κ1) is 16.3. The van der Waals surface area contributed by atoms with Crippen molar-refractivity contribution in [1.29, 1.82) is 0 Å². The topological polar surface area (TPSA) is 58.6 Å². The number of anilines is 1. The number of amides is 2. The molecule has 5 nitrogen and oxygen atoms in total. The van der Waals surface area contributed by atoms with E-state index in [4.69, 9.17) is 4.74 Å². The van der Waals surface area contributed by atoms with Gasteiger partial charge in [-0.2, -0.15) is 0 Å². The van der Waals surface area contributed by atoms with Crippen molar-refractivity contribution in [3.63, 3.8) is 0 Å². The van der Waals surface area contributed by atoms with Gasteiger partial charge >= 0.3 is 0 Å². The molecule has 0 aliphatic carbocycles. The lowest BCUT2D eigenvalue weighted by Gasteiger charge is -2.34. The number of likely N-dealkylation sites (tertiary alicyclic amines) is 1. The average molecular weight is 304 g/mol. The summed E-state index contributed by atoms with van der Waals surface area (Å²) >= 11 is 0. The van der Waals surface area contributed by atoms with Crippen LogP contribution in [0.15, 0.2) is 24.3 Å². The highest BCUT2D eigenvalue weighted by atomic mass is 16.5. The molecule has 120 valence electrons. The first-order valence-corrected chi connectivity index (χ1v) is 7.72. The monoisotopic (exact) mass is 304 g/mol. The fourth-order valence-corrected chi connectivity index (χ4v) is 2.97. The van der Waals surface area contributed by atoms with Crippen LogP contribution in [0.25, 0.3) is 0 Å². The van der Waals surface area contributed by atoms with E-state index in [0.29, 0.717) is 23.3 Å². The van der Waals surface area contributed by atoms with E-state index in [-0.39, 0.29) is 18.4 Å². The number of hydrogen-bond donors (Lipinski definition) is 1. The number of benzene rings is 1. The Morgan fingerprint density at radius 1 is 1.27 bits per heavy atom. The highest BCUT2D eigenvalue weighted by Gasteiger charge is 2.25. The lowest BCUT2D eigenvalue weighted by atomic mass is 9.92. The minimum Gasteiger partial charge on any atom is -0.484 e.